The Morgan fingerprint density at radius 1 is 1.26 bits per heavy atom. The number of piperidine rings is 1. The third-order valence-corrected chi connectivity index (χ3v) is 3.91. The molecule has 0 aromatic carbocycles. The third-order valence-electron chi connectivity index (χ3n) is 3.91. The highest BCUT2D eigenvalue weighted by Crippen LogP contribution is 2.30. The van der Waals surface area contributed by atoms with Gasteiger partial charge < -0.3 is 19.9 Å². The second-order valence-corrected chi connectivity index (χ2v) is 5.04. The van der Waals surface area contributed by atoms with Crippen LogP contribution in [-0.4, -0.2) is 67.2 Å². The Kier molecular flexibility index (Phi) is 4.09. The zero-order valence-corrected chi connectivity index (χ0v) is 11.4. The van der Waals surface area contributed by atoms with Crippen LogP contribution in [0.15, 0.2) is 12.7 Å². The van der Waals surface area contributed by atoms with Crippen LogP contribution in [0.4, 0.5) is 4.79 Å². The molecule has 0 atom stereocenters. The lowest BCUT2D eigenvalue weighted by Crippen LogP contribution is -2.59. The molecule has 0 aromatic rings. The average Bonchev–Trinajstić information content (AvgIpc) is 2.46. The molecule has 2 saturated heterocycles. The van der Waals surface area contributed by atoms with Gasteiger partial charge in [-0.1, -0.05) is 6.58 Å². The number of urea groups is 1. The molecule has 0 saturated carbocycles. The predicted molar refractivity (Wildman–Crippen MR) is 70.7 cm³/mol. The van der Waals surface area contributed by atoms with Gasteiger partial charge >= 0.3 is 6.03 Å². The van der Waals surface area contributed by atoms with Gasteiger partial charge in [0.05, 0.1) is 18.8 Å². The second-order valence-electron chi connectivity index (χ2n) is 5.04. The summed E-state index contributed by atoms with van der Waals surface area (Å²) >= 11 is 0. The van der Waals surface area contributed by atoms with Crippen LogP contribution in [0.3, 0.4) is 0 Å². The molecule has 6 nitrogen and oxygen atoms in total. The number of rotatable bonds is 1. The normalized spacial score (nSPS) is 22.2. The fraction of sp³-hybridized carbons (Fsp3) is 0.692. The summed E-state index contributed by atoms with van der Waals surface area (Å²) in [5.74, 6) is -0.0450. The number of ether oxygens (including phenoxy) is 1. The second kappa shape index (κ2) is 5.61. The Morgan fingerprint density at radius 3 is 2.53 bits per heavy atom. The van der Waals surface area contributed by atoms with Crippen molar-refractivity contribution >= 4 is 11.9 Å². The molecule has 0 aliphatic carbocycles. The van der Waals surface area contributed by atoms with Crippen LogP contribution in [0.25, 0.3) is 0 Å². The molecule has 0 bridgehead atoms. The van der Waals surface area contributed by atoms with Crippen molar-refractivity contribution in [2.45, 2.75) is 18.4 Å². The Bertz CT molecular complexity index is 375. The summed E-state index contributed by atoms with van der Waals surface area (Å²) in [6.45, 7) is 6.62. The Hall–Kier alpha value is -1.56. The minimum atomic E-state index is -0.290. The maximum Gasteiger partial charge on any atom is 0.317 e. The monoisotopic (exact) mass is 267 g/mol. The van der Waals surface area contributed by atoms with E-state index in [9.17, 15) is 9.59 Å². The fourth-order valence-electron chi connectivity index (χ4n) is 2.74. The van der Waals surface area contributed by atoms with Crippen LogP contribution in [0.5, 0.6) is 0 Å². The Labute approximate surface area is 113 Å². The van der Waals surface area contributed by atoms with Gasteiger partial charge in [0.25, 0.3) is 0 Å². The minimum Gasteiger partial charge on any atom is -0.371 e. The lowest BCUT2D eigenvalue weighted by molar-refractivity contribution is -0.154. The lowest BCUT2D eigenvalue weighted by atomic mass is 9.89. The van der Waals surface area contributed by atoms with E-state index in [0.717, 1.165) is 12.8 Å². The molecule has 6 heteroatoms. The first kappa shape index (κ1) is 13.9. The van der Waals surface area contributed by atoms with E-state index in [2.05, 4.69) is 11.9 Å². The topological polar surface area (TPSA) is 61.9 Å². The maximum absolute atomic E-state index is 11.7. The zero-order valence-electron chi connectivity index (χ0n) is 11.4. The summed E-state index contributed by atoms with van der Waals surface area (Å²) in [5.41, 5.74) is -0.290. The van der Waals surface area contributed by atoms with E-state index in [4.69, 9.17) is 4.74 Å². The van der Waals surface area contributed by atoms with E-state index in [-0.39, 0.29) is 17.5 Å². The van der Waals surface area contributed by atoms with E-state index in [0.29, 0.717) is 32.8 Å². The fourth-order valence-corrected chi connectivity index (χ4v) is 2.74. The lowest BCUT2D eigenvalue weighted by Gasteiger charge is -2.47. The van der Waals surface area contributed by atoms with Crippen LogP contribution < -0.4 is 5.32 Å². The van der Waals surface area contributed by atoms with Crippen LogP contribution in [-0.2, 0) is 9.53 Å². The minimum absolute atomic E-state index is 0.0450. The van der Waals surface area contributed by atoms with E-state index in [1.165, 1.54) is 6.08 Å². The predicted octanol–water partition coefficient (Wildman–Crippen LogP) is 0.205. The van der Waals surface area contributed by atoms with Crippen LogP contribution in [0.2, 0.25) is 0 Å². The first-order chi connectivity index (χ1) is 9.10. The summed E-state index contributed by atoms with van der Waals surface area (Å²) < 4.78 is 5.91. The van der Waals surface area contributed by atoms with Crippen molar-refractivity contribution < 1.29 is 14.3 Å². The first-order valence-corrected chi connectivity index (χ1v) is 6.62. The number of morpholine rings is 1. The number of likely N-dealkylation sites (tertiary alicyclic amines) is 1. The number of hydrogen-bond donors (Lipinski definition) is 1. The standard InChI is InChI=1S/C13H21N3O3/c1-3-11(17)16-8-9-19-13(10-16)4-6-15(7-5-13)12(18)14-2/h3H,1,4-10H2,2H3,(H,14,18). The van der Waals surface area contributed by atoms with E-state index in [1.807, 2.05) is 0 Å². The molecule has 3 amide bonds. The highest BCUT2D eigenvalue weighted by molar-refractivity contribution is 5.87. The van der Waals surface area contributed by atoms with Gasteiger partial charge in [-0.25, -0.2) is 4.79 Å². The summed E-state index contributed by atoms with van der Waals surface area (Å²) in [5, 5.41) is 2.63. The van der Waals surface area contributed by atoms with Gasteiger partial charge in [0.2, 0.25) is 5.91 Å². The third kappa shape index (κ3) is 2.89. The molecule has 2 fully saturated rings. The van der Waals surface area contributed by atoms with Gasteiger partial charge in [-0.15, -0.1) is 0 Å². The Balaban J connectivity index is 1.96. The Morgan fingerprint density at radius 2 is 1.95 bits per heavy atom. The number of carbonyl (C=O) groups excluding carboxylic acids is 2. The summed E-state index contributed by atoms with van der Waals surface area (Å²) in [6.07, 6.45) is 2.88. The highest BCUT2D eigenvalue weighted by Gasteiger charge is 2.41. The van der Waals surface area contributed by atoms with Crippen LogP contribution >= 0.6 is 0 Å². The molecule has 2 aliphatic heterocycles. The average molecular weight is 267 g/mol. The maximum atomic E-state index is 11.7. The molecular weight excluding hydrogens is 246 g/mol. The molecule has 2 aliphatic rings. The number of nitrogens with one attached hydrogen (secondary N) is 1. The van der Waals surface area contributed by atoms with Crippen molar-refractivity contribution in [1.82, 2.24) is 15.1 Å². The number of carbonyl (C=O) groups is 2. The molecule has 1 spiro atoms. The van der Waals surface area contributed by atoms with Crippen molar-refractivity contribution in [2.24, 2.45) is 0 Å². The summed E-state index contributed by atoms with van der Waals surface area (Å²) in [4.78, 5) is 26.8. The molecule has 2 heterocycles. The van der Waals surface area contributed by atoms with Gasteiger partial charge in [-0.05, 0) is 18.9 Å². The molecule has 19 heavy (non-hydrogen) atoms. The molecule has 2 rings (SSSR count). The number of nitrogens with zero attached hydrogens (tertiary/aromatic N) is 2. The van der Waals surface area contributed by atoms with Crippen molar-refractivity contribution in [3.63, 3.8) is 0 Å². The van der Waals surface area contributed by atoms with E-state index in [1.54, 1.807) is 16.8 Å². The zero-order chi connectivity index (χ0) is 13.9. The molecule has 1 N–H and O–H groups in total. The quantitative estimate of drug-likeness (QED) is 0.691. The molecule has 0 radical (unpaired) electrons. The van der Waals surface area contributed by atoms with E-state index >= 15 is 0 Å². The van der Waals surface area contributed by atoms with E-state index < -0.39 is 0 Å². The molecule has 0 unspecified atom stereocenters. The molecule has 106 valence electrons. The van der Waals surface area contributed by atoms with Gasteiger partial charge in [0.1, 0.15) is 0 Å². The van der Waals surface area contributed by atoms with Crippen molar-refractivity contribution in [2.75, 3.05) is 39.8 Å². The molecule has 0 aromatic heterocycles. The first-order valence-electron chi connectivity index (χ1n) is 6.62. The van der Waals surface area contributed by atoms with Gasteiger partial charge in [-0.2, -0.15) is 0 Å². The van der Waals surface area contributed by atoms with Gasteiger partial charge in [0.15, 0.2) is 0 Å². The van der Waals surface area contributed by atoms with Crippen molar-refractivity contribution in [3.8, 4) is 0 Å². The number of amides is 3. The van der Waals surface area contributed by atoms with Crippen molar-refractivity contribution in [3.05, 3.63) is 12.7 Å². The highest BCUT2D eigenvalue weighted by atomic mass is 16.5. The largest absolute Gasteiger partial charge is 0.371 e. The molecular formula is C13H21N3O3. The van der Waals surface area contributed by atoms with Crippen molar-refractivity contribution in [1.29, 1.82) is 0 Å². The van der Waals surface area contributed by atoms with Crippen LogP contribution in [0, 0.1) is 0 Å². The summed E-state index contributed by atoms with van der Waals surface area (Å²) in [6, 6.07) is -0.0512. The van der Waals surface area contributed by atoms with Crippen LogP contribution in [0.1, 0.15) is 12.8 Å². The SMILES string of the molecule is C=CC(=O)N1CCOC2(CCN(C(=O)NC)CC2)C1. The number of hydrogen-bond acceptors (Lipinski definition) is 3. The summed E-state index contributed by atoms with van der Waals surface area (Å²) in [7, 11) is 1.63. The van der Waals surface area contributed by atoms with Gasteiger partial charge in [-0.3, -0.25) is 4.79 Å². The smallest absolute Gasteiger partial charge is 0.317 e. The van der Waals surface area contributed by atoms with Gasteiger partial charge in [0, 0.05) is 26.7 Å².